The van der Waals surface area contributed by atoms with E-state index in [9.17, 15) is 0 Å². The number of hydrogen-bond acceptors (Lipinski definition) is 5. The number of benzene rings is 1. The summed E-state index contributed by atoms with van der Waals surface area (Å²) in [7, 11) is 4.89. The Bertz CT molecular complexity index is 454. The summed E-state index contributed by atoms with van der Waals surface area (Å²) in [5, 5.41) is 0. The van der Waals surface area contributed by atoms with Crippen molar-refractivity contribution in [3.8, 4) is 17.2 Å². The summed E-state index contributed by atoms with van der Waals surface area (Å²) in [5.74, 6) is 1.98. The summed E-state index contributed by atoms with van der Waals surface area (Å²) in [5.41, 5.74) is 7.50. The topological polar surface area (TPSA) is 57.0 Å². The van der Waals surface area contributed by atoms with E-state index >= 15 is 0 Å². The largest absolute Gasteiger partial charge is 0.493 e. The second-order valence-electron chi connectivity index (χ2n) is 5.34. The Kier molecular flexibility index (Phi) is 5.31. The molecule has 1 saturated heterocycles. The third-order valence-corrected chi connectivity index (χ3v) is 4.22. The number of piperidine rings is 1. The summed E-state index contributed by atoms with van der Waals surface area (Å²) >= 11 is 0. The summed E-state index contributed by atoms with van der Waals surface area (Å²) in [4.78, 5) is 2.41. The van der Waals surface area contributed by atoms with E-state index in [0.29, 0.717) is 17.2 Å². The van der Waals surface area contributed by atoms with Gasteiger partial charge in [-0.3, -0.25) is 4.90 Å². The van der Waals surface area contributed by atoms with Crippen LogP contribution in [0.5, 0.6) is 17.2 Å². The summed E-state index contributed by atoms with van der Waals surface area (Å²) in [6.45, 7) is 4.23. The van der Waals surface area contributed by atoms with E-state index in [1.165, 1.54) is 0 Å². The van der Waals surface area contributed by atoms with E-state index in [2.05, 4.69) is 11.8 Å². The predicted octanol–water partition coefficient (Wildman–Crippen LogP) is 2.20. The first-order valence-corrected chi connectivity index (χ1v) is 7.45. The van der Waals surface area contributed by atoms with Crippen molar-refractivity contribution in [1.82, 2.24) is 4.90 Å². The van der Waals surface area contributed by atoms with Crippen molar-refractivity contribution < 1.29 is 14.2 Å². The van der Waals surface area contributed by atoms with Crippen LogP contribution in [-0.4, -0.2) is 45.4 Å². The van der Waals surface area contributed by atoms with Crippen LogP contribution in [0.15, 0.2) is 12.1 Å². The Balaban J connectivity index is 2.46. The highest BCUT2D eigenvalue weighted by Crippen LogP contribution is 2.42. The molecule has 0 spiro atoms. The molecule has 1 fully saturated rings. The fourth-order valence-electron chi connectivity index (χ4n) is 3.18. The van der Waals surface area contributed by atoms with Gasteiger partial charge in [-0.1, -0.05) is 6.92 Å². The van der Waals surface area contributed by atoms with Gasteiger partial charge < -0.3 is 19.9 Å². The highest BCUT2D eigenvalue weighted by molar-refractivity contribution is 5.54. The van der Waals surface area contributed by atoms with Crippen molar-refractivity contribution in [2.45, 2.75) is 31.8 Å². The maximum atomic E-state index is 6.38. The number of likely N-dealkylation sites (tertiary alicyclic amines) is 1. The molecule has 1 heterocycles. The second kappa shape index (κ2) is 7.00. The van der Waals surface area contributed by atoms with Crippen LogP contribution in [0, 0.1) is 0 Å². The molecule has 0 radical (unpaired) electrons. The molecular weight excluding hydrogens is 268 g/mol. The zero-order valence-corrected chi connectivity index (χ0v) is 13.4. The van der Waals surface area contributed by atoms with Gasteiger partial charge in [0.05, 0.1) is 27.4 Å². The van der Waals surface area contributed by atoms with Crippen LogP contribution in [0.3, 0.4) is 0 Å². The average Bonchev–Trinajstić information content (AvgIpc) is 2.52. The van der Waals surface area contributed by atoms with Crippen molar-refractivity contribution >= 4 is 0 Å². The lowest BCUT2D eigenvalue weighted by molar-refractivity contribution is 0.135. The van der Waals surface area contributed by atoms with Gasteiger partial charge in [0, 0.05) is 6.04 Å². The van der Waals surface area contributed by atoms with Gasteiger partial charge in [0.2, 0.25) is 5.75 Å². The van der Waals surface area contributed by atoms with Crippen LogP contribution < -0.4 is 19.9 Å². The highest BCUT2D eigenvalue weighted by Gasteiger charge is 2.31. The Hall–Kier alpha value is -1.46. The van der Waals surface area contributed by atoms with Crippen molar-refractivity contribution in [2.24, 2.45) is 5.73 Å². The lowest BCUT2D eigenvalue weighted by atomic mass is 9.90. The number of hydrogen-bond donors (Lipinski definition) is 1. The molecule has 2 unspecified atom stereocenters. The first-order valence-electron chi connectivity index (χ1n) is 7.45. The zero-order chi connectivity index (χ0) is 15.4. The van der Waals surface area contributed by atoms with Crippen LogP contribution >= 0.6 is 0 Å². The first-order chi connectivity index (χ1) is 10.2. The van der Waals surface area contributed by atoms with Gasteiger partial charge in [0.15, 0.2) is 11.5 Å². The molecule has 5 nitrogen and oxygen atoms in total. The second-order valence-corrected chi connectivity index (χ2v) is 5.34. The van der Waals surface area contributed by atoms with Crippen LogP contribution in [-0.2, 0) is 0 Å². The zero-order valence-electron chi connectivity index (χ0n) is 13.4. The van der Waals surface area contributed by atoms with E-state index in [-0.39, 0.29) is 12.1 Å². The lowest BCUT2D eigenvalue weighted by Crippen LogP contribution is -2.45. The van der Waals surface area contributed by atoms with Crippen molar-refractivity contribution in [3.63, 3.8) is 0 Å². The van der Waals surface area contributed by atoms with Crippen LogP contribution in [0.1, 0.15) is 31.4 Å². The number of nitrogens with zero attached hydrogens (tertiary/aromatic N) is 1. The molecule has 1 aromatic rings. The third-order valence-electron chi connectivity index (χ3n) is 4.22. The fourth-order valence-corrected chi connectivity index (χ4v) is 3.18. The van der Waals surface area contributed by atoms with Gasteiger partial charge in [0.25, 0.3) is 0 Å². The summed E-state index contributed by atoms with van der Waals surface area (Å²) in [6.07, 6.45) is 2.19. The minimum atomic E-state index is 0.126. The molecule has 118 valence electrons. The van der Waals surface area contributed by atoms with Gasteiger partial charge in [-0.15, -0.1) is 0 Å². The fraction of sp³-hybridized carbons (Fsp3) is 0.625. The first kappa shape index (κ1) is 15.9. The molecule has 0 aliphatic carbocycles. The maximum Gasteiger partial charge on any atom is 0.203 e. The van der Waals surface area contributed by atoms with Gasteiger partial charge in [-0.05, 0) is 43.6 Å². The molecule has 1 aliphatic rings. The molecule has 0 aromatic heterocycles. The van der Waals surface area contributed by atoms with Crippen molar-refractivity contribution in [2.75, 3.05) is 34.4 Å². The van der Waals surface area contributed by atoms with Crippen molar-refractivity contribution in [1.29, 1.82) is 0 Å². The van der Waals surface area contributed by atoms with E-state index in [4.69, 9.17) is 19.9 Å². The van der Waals surface area contributed by atoms with E-state index in [1.54, 1.807) is 21.3 Å². The molecule has 2 atom stereocenters. The molecule has 1 aromatic carbocycles. The summed E-state index contributed by atoms with van der Waals surface area (Å²) in [6, 6.07) is 4.35. The minimum Gasteiger partial charge on any atom is -0.493 e. The quantitative estimate of drug-likeness (QED) is 0.902. The number of methoxy groups -OCH3 is 3. The Labute approximate surface area is 127 Å². The number of ether oxygens (including phenoxy) is 3. The molecule has 0 bridgehead atoms. The molecule has 0 saturated carbocycles. The van der Waals surface area contributed by atoms with E-state index < -0.39 is 0 Å². The third kappa shape index (κ3) is 3.09. The standard InChI is InChI=1S/C16H26N2O3/c1-5-18-8-6-7-12(17)15(18)11-9-13(19-2)16(21-4)14(10-11)20-3/h9-10,12,15H,5-8,17H2,1-4H3. The highest BCUT2D eigenvalue weighted by atomic mass is 16.5. The lowest BCUT2D eigenvalue weighted by Gasteiger charge is -2.39. The number of likely N-dealkylation sites (N-methyl/N-ethyl adjacent to an activating group) is 1. The minimum absolute atomic E-state index is 0.126. The Morgan fingerprint density at radius 3 is 2.24 bits per heavy atom. The van der Waals surface area contributed by atoms with Crippen molar-refractivity contribution in [3.05, 3.63) is 17.7 Å². The Morgan fingerprint density at radius 2 is 1.76 bits per heavy atom. The van der Waals surface area contributed by atoms with E-state index in [1.807, 2.05) is 12.1 Å². The van der Waals surface area contributed by atoms with Crippen LogP contribution in [0.4, 0.5) is 0 Å². The van der Waals surface area contributed by atoms with Gasteiger partial charge in [-0.2, -0.15) is 0 Å². The molecule has 2 N–H and O–H groups in total. The monoisotopic (exact) mass is 294 g/mol. The smallest absolute Gasteiger partial charge is 0.203 e. The normalized spacial score (nSPS) is 22.9. The average molecular weight is 294 g/mol. The number of rotatable bonds is 5. The number of nitrogens with two attached hydrogens (primary N) is 1. The van der Waals surface area contributed by atoms with Crippen LogP contribution in [0.25, 0.3) is 0 Å². The van der Waals surface area contributed by atoms with E-state index in [0.717, 1.165) is 31.5 Å². The summed E-state index contributed by atoms with van der Waals surface area (Å²) < 4.78 is 16.3. The molecule has 1 aliphatic heterocycles. The Morgan fingerprint density at radius 1 is 1.14 bits per heavy atom. The molecular formula is C16H26N2O3. The van der Waals surface area contributed by atoms with Gasteiger partial charge >= 0.3 is 0 Å². The molecule has 21 heavy (non-hydrogen) atoms. The van der Waals surface area contributed by atoms with Gasteiger partial charge in [-0.25, -0.2) is 0 Å². The van der Waals surface area contributed by atoms with Gasteiger partial charge in [0.1, 0.15) is 0 Å². The predicted molar refractivity (Wildman–Crippen MR) is 83.3 cm³/mol. The van der Waals surface area contributed by atoms with Crippen LogP contribution in [0.2, 0.25) is 0 Å². The maximum absolute atomic E-state index is 6.38. The molecule has 2 rings (SSSR count). The molecule has 5 heteroatoms. The SMILES string of the molecule is CCN1CCCC(N)C1c1cc(OC)c(OC)c(OC)c1. The molecule has 0 amide bonds.